The fourth-order valence-electron chi connectivity index (χ4n) is 1.52. The van der Waals surface area contributed by atoms with E-state index >= 15 is 0 Å². The Bertz CT molecular complexity index is 258. The van der Waals surface area contributed by atoms with E-state index in [1.54, 1.807) is 13.8 Å². The first-order valence-electron chi connectivity index (χ1n) is 5.00. The number of hydrogen-bond acceptors (Lipinski definition) is 3. The number of nitrogens with one attached hydrogen (secondary N) is 3. The zero-order chi connectivity index (χ0) is 10.6. The zero-order valence-electron chi connectivity index (χ0n) is 8.71. The minimum absolute atomic E-state index is 0.0278. The van der Waals surface area contributed by atoms with E-state index in [2.05, 4.69) is 14.8 Å². The fourth-order valence-corrected chi connectivity index (χ4v) is 2.84. The molecule has 1 saturated heterocycles. The first-order chi connectivity index (χ1) is 6.49. The summed E-state index contributed by atoms with van der Waals surface area (Å²) in [5.74, 6) is 0. The van der Waals surface area contributed by atoms with Crippen molar-refractivity contribution in [3.8, 4) is 0 Å². The molecule has 1 fully saturated rings. The molecule has 0 bridgehead atoms. The van der Waals surface area contributed by atoms with Gasteiger partial charge >= 0.3 is 0 Å². The van der Waals surface area contributed by atoms with E-state index in [1.165, 1.54) is 0 Å². The highest BCUT2D eigenvalue weighted by Gasteiger charge is 2.19. The molecule has 0 aromatic rings. The van der Waals surface area contributed by atoms with Gasteiger partial charge in [0, 0.05) is 18.6 Å². The molecule has 6 heteroatoms. The molecule has 0 amide bonds. The van der Waals surface area contributed by atoms with Crippen LogP contribution in [0, 0.1) is 0 Å². The summed E-state index contributed by atoms with van der Waals surface area (Å²) in [4.78, 5) is 0. The highest BCUT2D eigenvalue weighted by atomic mass is 32.2. The van der Waals surface area contributed by atoms with Gasteiger partial charge in [0.2, 0.25) is 0 Å². The van der Waals surface area contributed by atoms with Gasteiger partial charge < -0.3 is 5.32 Å². The second kappa shape index (κ2) is 5.06. The molecular weight excluding hydrogens is 202 g/mol. The minimum Gasteiger partial charge on any atom is -0.315 e. The Morgan fingerprint density at radius 3 is 2.64 bits per heavy atom. The van der Waals surface area contributed by atoms with Crippen molar-refractivity contribution >= 4 is 10.2 Å². The monoisotopic (exact) mass is 221 g/mol. The maximum absolute atomic E-state index is 11.5. The lowest BCUT2D eigenvalue weighted by atomic mass is 10.1. The molecule has 3 N–H and O–H groups in total. The lowest BCUT2D eigenvalue weighted by Gasteiger charge is -2.24. The summed E-state index contributed by atoms with van der Waals surface area (Å²) in [5, 5.41) is 3.16. The quantitative estimate of drug-likeness (QED) is 0.603. The van der Waals surface area contributed by atoms with Crippen LogP contribution >= 0.6 is 0 Å². The summed E-state index contributed by atoms with van der Waals surface area (Å²) >= 11 is 0. The summed E-state index contributed by atoms with van der Waals surface area (Å²) < 4.78 is 28.0. The number of piperidine rings is 1. The maximum Gasteiger partial charge on any atom is 0.277 e. The summed E-state index contributed by atoms with van der Waals surface area (Å²) in [6.45, 7) is 5.31. The van der Waals surface area contributed by atoms with Crippen molar-refractivity contribution in [2.45, 2.75) is 38.8 Å². The van der Waals surface area contributed by atoms with Crippen LogP contribution in [0.15, 0.2) is 0 Å². The van der Waals surface area contributed by atoms with E-state index in [1.807, 2.05) is 0 Å². The van der Waals surface area contributed by atoms with Crippen molar-refractivity contribution in [1.82, 2.24) is 14.8 Å². The van der Waals surface area contributed by atoms with Gasteiger partial charge in [-0.05, 0) is 33.2 Å². The molecule has 1 atom stereocenters. The van der Waals surface area contributed by atoms with E-state index < -0.39 is 10.2 Å². The second-order valence-corrected chi connectivity index (χ2v) is 5.42. The second-order valence-electron chi connectivity index (χ2n) is 3.94. The van der Waals surface area contributed by atoms with Crippen LogP contribution in [0.4, 0.5) is 0 Å². The molecule has 0 aromatic carbocycles. The highest BCUT2D eigenvalue weighted by molar-refractivity contribution is 7.87. The summed E-state index contributed by atoms with van der Waals surface area (Å²) in [5.41, 5.74) is 0. The Morgan fingerprint density at radius 2 is 2.14 bits per heavy atom. The Hall–Kier alpha value is -0.170. The van der Waals surface area contributed by atoms with E-state index in [0.29, 0.717) is 0 Å². The fraction of sp³-hybridized carbons (Fsp3) is 1.00. The van der Waals surface area contributed by atoms with Gasteiger partial charge in [-0.2, -0.15) is 17.9 Å². The SMILES string of the molecule is CC(C)NS(=O)(=O)NC1CCCNC1. The molecule has 0 aromatic heterocycles. The third-order valence-corrected chi connectivity index (χ3v) is 3.43. The van der Waals surface area contributed by atoms with Crippen LogP contribution in [0.1, 0.15) is 26.7 Å². The van der Waals surface area contributed by atoms with Crippen LogP contribution < -0.4 is 14.8 Å². The van der Waals surface area contributed by atoms with Gasteiger partial charge in [0.05, 0.1) is 0 Å². The van der Waals surface area contributed by atoms with Gasteiger partial charge in [0.1, 0.15) is 0 Å². The van der Waals surface area contributed by atoms with Crippen LogP contribution in [-0.2, 0) is 10.2 Å². The average molecular weight is 221 g/mol. The first kappa shape index (κ1) is 11.9. The van der Waals surface area contributed by atoms with Crippen molar-refractivity contribution in [2.75, 3.05) is 13.1 Å². The maximum atomic E-state index is 11.5. The normalized spacial score (nSPS) is 24.1. The molecule has 0 saturated carbocycles. The van der Waals surface area contributed by atoms with Crippen molar-refractivity contribution < 1.29 is 8.42 Å². The largest absolute Gasteiger partial charge is 0.315 e. The molecule has 0 radical (unpaired) electrons. The van der Waals surface area contributed by atoms with Gasteiger partial charge in [-0.15, -0.1) is 0 Å². The Labute approximate surface area is 85.8 Å². The van der Waals surface area contributed by atoms with E-state index in [0.717, 1.165) is 25.9 Å². The molecule has 84 valence electrons. The number of rotatable bonds is 4. The van der Waals surface area contributed by atoms with E-state index in [-0.39, 0.29) is 12.1 Å². The number of hydrogen-bond donors (Lipinski definition) is 3. The Morgan fingerprint density at radius 1 is 1.43 bits per heavy atom. The molecule has 14 heavy (non-hydrogen) atoms. The van der Waals surface area contributed by atoms with E-state index in [9.17, 15) is 8.42 Å². The van der Waals surface area contributed by atoms with E-state index in [4.69, 9.17) is 0 Å². The Balaban J connectivity index is 2.41. The van der Waals surface area contributed by atoms with Gasteiger partial charge in [-0.25, -0.2) is 0 Å². The molecule has 0 aliphatic carbocycles. The van der Waals surface area contributed by atoms with Crippen LogP contribution in [0.2, 0.25) is 0 Å². The van der Waals surface area contributed by atoms with Crippen LogP contribution in [0.5, 0.6) is 0 Å². The van der Waals surface area contributed by atoms with Crippen molar-refractivity contribution in [3.05, 3.63) is 0 Å². The summed E-state index contributed by atoms with van der Waals surface area (Å²) in [6.07, 6.45) is 1.93. The predicted octanol–water partition coefficient (Wildman–Crippen LogP) is -0.429. The third kappa shape index (κ3) is 4.36. The zero-order valence-corrected chi connectivity index (χ0v) is 9.52. The topological polar surface area (TPSA) is 70.2 Å². The van der Waals surface area contributed by atoms with Crippen LogP contribution in [0.25, 0.3) is 0 Å². The standard InChI is InChI=1S/C8H19N3O2S/c1-7(2)10-14(12,13)11-8-4-3-5-9-6-8/h7-11H,3-6H2,1-2H3. The van der Waals surface area contributed by atoms with Crippen LogP contribution in [-0.4, -0.2) is 33.6 Å². The smallest absolute Gasteiger partial charge is 0.277 e. The van der Waals surface area contributed by atoms with Crippen molar-refractivity contribution in [2.24, 2.45) is 0 Å². The lowest BCUT2D eigenvalue weighted by molar-refractivity contribution is 0.425. The minimum atomic E-state index is -3.32. The highest BCUT2D eigenvalue weighted by Crippen LogP contribution is 2.02. The molecule has 1 heterocycles. The average Bonchev–Trinajstić information content (AvgIpc) is 2.02. The summed E-state index contributed by atoms with van der Waals surface area (Å²) in [7, 11) is -3.32. The molecule has 0 spiro atoms. The van der Waals surface area contributed by atoms with Gasteiger partial charge in [-0.1, -0.05) is 0 Å². The van der Waals surface area contributed by atoms with Gasteiger partial charge in [0.25, 0.3) is 10.2 Å². The molecule has 1 rings (SSSR count). The molecule has 1 unspecified atom stereocenters. The predicted molar refractivity (Wildman–Crippen MR) is 56.2 cm³/mol. The van der Waals surface area contributed by atoms with Crippen LogP contribution in [0.3, 0.4) is 0 Å². The summed E-state index contributed by atoms with van der Waals surface area (Å²) in [6, 6.07) is -0.0379. The first-order valence-corrected chi connectivity index (χ1v) is 6.48. The molecule has 1 aliphatic rings. The molecule has 5 nitrogen and oxygen atoms in total. The van der Waals surface area contributed by atoms with Gasteiger partial charge in [0.15, 0.2) is 0 Å². The van der Waals surface area contributed by atoms with Gasteiger partial charge in [-0.3, -0.25) is 0 Å². The van der Waals surface area contributed by atoms with Crippen molar-refractivity contribution in [3.63, 3.8) is 0 Å². The third-order valence-electron chi connectivity index (χ3n) is 2.01. The molecule has 1 aliphatic heterocycles. The lowest BCUT2D eigenvalue weighted by Crippen LogP contribution is -2.50. The van der Waals surface area contributed by atoms with Crippen molar-refractivity contribution in [1.29, 1.82) is 0 Å². The Kier molecular flexibility index (Phi) is 4.31. The molecular formula is C8H19N3O2S.